The molecule has 0 saturated carbocycles. The van der Waals surface area contributed by atoms with Crippen LogP contribution in [0.5, 0.6) is 0 Å². The molecule has 0 aliphatic heterocycles. The molecule has 0 saturated heterocycles. The van der Waals surface area contributed by atoms with Gasteiger partial charge in [-0.1, -0.05) is 29.8 Å². The number of rotatable bonds is 3. The molecule has 0 atom stereocenters. The average molecular weight is 237 g/mol. The van der Waals surface area contributed by atoms with Crippen molar-refractivity contribution in [1.29, 1.82) is 0 Å². The molecule has 0 fully saturated rings. The van der Waals surface area contributed by atoms with E-state index in [1.165, 1.54) is 0 Å². The summed E-state index contributed by atoms with van der Waals surface area (Å²) < 4.78 is 1.91. The highest BCUT2D eigenvalue weighted by Crippen LogP contribution is 2.17. The van der Waals surface area contributed by atoms with E-state index in [0.717, 1.165) is 22.2 Å². The van der Waals surface area contributed by atoms with Gasteiger partial charge in [-0.2, -0.15) is 0 Å². The van der Waals surface area contributed by atoms with Gasteiger partial charge in [0, 0.05) is 18.5 Å². The van der Waals surface area contributed by atoms with E-state index in [4.69, 9.17) is 17.3 Å². The average Bonchev–Trinajstić information content (AvgIpc) is 2.63. The van der Waals surface area contributed by atoms with Crippen molar-refractivity contribution in [1.82, 2.24) is 14.8 Å². The molecule has 2 N–H and O–H groups in total. The number of halogens is 1. The Morgan fingerprint density at radius 3 is 2.56 bits per heavy atom. The highest BCUT2D eigenvalue weighted by atomic mass is 35.5. The van der Waals surface area contributed by atoms with Crippen LogP contribution in [0.2, 0.25) is 5.02 Å². The molecule has 5 heteroatoms. The van der Waals surface area contributed by atoms with Gasteiger partial charge in [0.1, 0.15) is 11.6 Å². The van der Waals surface area contributed by atoms with Crippen molar-refractivity contribution in [2.75, 3.05) is 0 Å². The van der Waals surface area contributed by atoms with E-state index in [2.05, 4.69) is 10.2 Å². The zero-order valence-electron chi connectivity index (χ0n) is 9.02. The summed E-state index contributed by atoms with van der Waals surface area (Å²) in [7, 11) is 1.91. The van der Waals surface area contributed by atoms with Crippen molar-refractivity contribution in [3.05, 3.63) is 46.5 Å². The van der Waals surface area contributed by atoms with Crippen molar-refractivity contribution in [2.45, 2.75) is 13.0 Å². The fraction of sp³-hybridized carbons (Fsp3) is 0.273. The topological polar surface area (TPSA) is 56.7 Å². The minimum Gasteiger partial charge on any atom is -0.324 e. The van der Waals surface area contributed by atoms with Crippen LogP contribution in [0.15, 0.2) is 24.3 Å². The van der Waals surface area contributed by atoms with Crippen LogP contribution in [0.3, 0.4) is 0 Å². The zero-order valence-corrected chi connectivity index (χ0v) is 9.78. The zero-order chi connectivity index (χ0) is 11.5. The predicted molar refractivity (Wildman–Crippen MR) is 63.2 cm³/mol. The van der Waals surface area contributed by atoms with Crippen LogP contribution in [-0.2, 0) is 20.0 Å². The third-order valence-electron chi connectivity index (χ3n) is 2.54. The van der Waals surface area contributed by atoms with Crippen LogP contribution in [0.4, 0.5) is 0 Å². The number of hydrogen-bond acceptors (Lipinski definition) is 3. The summed E-state index contributed by atoms with van der Waals surface area (Å²) in [5, 5.41) is 8.85. The molecule has 2 rings (SSSR count). The minimum atomic E-state index is 0.395. The Morgan fingerprint density at radius 1 is 1.25 bits per heavy atom. The molecular weight excluding hydrogens is 224 g/mol. The lowest BCUT2D eigenvalue weighted by Crippen LogP contribution is -2.07. The van der Waals surface area contributed by atoms with Gasteiger partial charge < -0.3 is 10.3 Å². The Hall–Kier alpha value is -1.39. The standard InChI is InChI=1S/C11H13ClN4/c1-16-10(14-15-11(16)7-13)6-8-4-2-3-5-9(8)12/h2-5H,6-7,13H2,1H3. The molecule has 0 radical (unpaired) electrons. The SMILES string of the molecule is Cn1c(CN)nnc1Cc1ccccc1Cl. The first kappa shape index (κ1) is 11.1. The Bertz CT molecular complexity index is 492. The maximum atomic E-state index is 6.09. The van der Waals surface area contributed by atoms with E-state index in [0.29, 0.717) is 13.0 Å². The van der Waals surface area contributed by atoms with E-state index in [1.807, 2.05) is 35.9 Å². The Morgan fingerprint density at radius 2 is 1.94 bits per heavy atom. The van der Waals surface area contributed by atoms with Gasteiger partial charge in [0.05, 0.1) is 6.54 Å². The van der Waals surface area contributed by atoms with Gasteiger partial charge in [0.2, 0.25) is 0 Å². The molecule has 0 amide bonds. The first-order valence-electron chi connectivity index (χ1n) is 5.03. The number of nitrogens with two attached hydrogens (primary N) is 1. The molecular formula is C11H13ClN4. The van der Waals surface area contributed by atoms with Gasteiger partial charge in [0.25, 0.3) is 0 Å². The monoisotopic (exact) mass is 236 g/mol. The number of benzene rings is 1. The normalized spacial score (nSPS) is 10.7. The largest absolute Gasteiger partial charge is 0.324 e. The maximum Gasteiger partial charge on any atom is 0.146 e. The lowest BCUT2D eigenvalue weighted by atomic mass is 10.1. The molecule has 84 valence electrons. The molecule has 0 aliphatic rings. The lowest BCUT2D eigenvalue weighted by molar-refractivity contribution is 0.758. The van der Waals surface area contributed by atoms with Crippen molar-refractivity contribution in [3.8, 4) is 0 Å². The van der Waals surface area contributed by atoms with E-state index in [9.17, 15) is 0 Å². The molecule has 4 nitrogen and oxygen atoms in total. The second-order valence-electron chi connectivity index (χ2n) is 3.56. The summed E-state index contributed by atoms with van der Waals surface area (Å²) in [6.45, 7) is 0.395. The molecule has 0 unspecified atom stereocenters. The van der Waals surface area contributed by atoms with Gasteiger partial charge in [0.15, 0.2) is 0 Å². The summed E-state index contributed by atoms with van der Waals surface area (Å²) in [4.78, 5) is 0. The summed E-state index contributed by atoms with van der Waals surface area (Å²) in [6.07, 6.45) is 0.670. The van der Waals surface area contributed by atoms with Gasteiger partial charge in [-0.05, 0) is 11.6 Å². The van der Waals surface area contributed by atoms with E-state index in [-0.39, 0.29) is 0 Å². The Kier molecular flexibility index (Phi) is 3.22. The third-order valence-corrected chi connectivity index (χ3v) is 2.91. The number of aromatic nitrogens is 3. The quantitative estimate of drug-likeness (QED) is 0.879. The predicted octanol–water partition coefficient (Wildman–Crippen LogP) is 1.52. The first-order valence-corrected chi connectivity index (χ1v) is 5.40. The van der Waals surface area contributed by atoms with E-state index >= 15 is 0 Å². The van der Waals surface area contributed by atoms with Crippen LogP contribution < -0.4 is 5.73 Å². The van der Waals surface area contributed by atoms with Gasteiger partial charge in [-0.15, -0.1) is 10.2 Å². The molecule has 16 heavy (non-hydrogen) atoms. The fourth-order valence-electron chi connectivity index (χ4n) is 1.54. The fourth-order valence-corrected chi connectivity index (χ4v) is 1.74. The summed E-state index contributed by atoms with van der Waals surface area (Å²) in [5.41, 5.74) is 6.58. The van der Waals surface area contributed by atoms with Crippen molar-refractivity contribution < 1.29 is 0 Å². The Balaban J connectivity index is 2.27. The van der Waals surface area contributed by atoms with Crippen LogP contribution in [0, 0.1) is 0 Å². The molecule has 0 aliphatic carbocycles. The van der Waals surface area contributed by atoms with Crippen molar-refractivity contribution in [2.24, 2.45) is 12.8 Å². The molecule has 1 heterocycles. The molecule has 2 aromatic rings. The number of hydrogen-bond donors (Lipinski definition) is 1. The second-order valence-corrected chi connectivity index (χ2v) is 3.97. The van der Waals surface area contributed by atoms with Crippen molar-refractivity contribution >= 4 is 11.6 Å². The van der Waals surface area contributed by atoms with Gasteiger partial charge in [-0.3, -0.25) is 0 Å². The molecule has 0 bridgehead atoms. The summed E-state index contributed by atoms with van der Waals surface area (Å²) in [5.74, 6) is 1.65. The third kappa shape index (κ3) is 2.08. The van der Waals surface area contributed by atoms with E-state index < -0.39 is 0 Å². The Labute approximate surface area is 99.1 Å². The number of nitrogens with zero attached hydrogens (tertiary/aromatic N) is 3. The molecule has 1 aromatic carbocycles. The van der Waals surface area contributed by atoms with Gasteiger partial charge >= 0.3 is 0 Å². The summed E-state index contributed by atoms with van der Waals surface area (Å²) >= 11 is 6.09. The molecule has 0 spiro atoms. The first-order chi connectivity index (χ1) is 7.72. The van der Waals surface area contributed by atoms with Crippen LogP contribution >= 0.6 is 11.6 Å². The summed E-state index contributed by atoms with van der Waals surface area (Å²) in [6, 6.07) is 7.73. The van der Waals surface area contributed by atoms with Gasteiger partial charge in [-0.25, -0.2) is 0 Å². The van der Waals surface area contributed by atoms with Crippen LogP contribution in [-0.4, -0.2) is 14.8 Å². The maximum absolute atomic E-state index is 6.09. The highest BCUT2D eigenvalue weighted by molar-refractivity contribution is 6.31. The second kappa shape index (κ2) is 4.63. The minimum absolute atomic E-state index is 0.395. The van der Waals surface area contributed by atoms with Crippen molar-refractivity contribution in [3.63, 3.8) is 0 Å². The van der Waals surface area contributed by atoms with Crippen LogP contribution in [0.1, 0.15) is 17.2 Å². The lowest BCUT2D eigenvalue weighted by Gasteiger charge is -2.04. The van der Waals surface area contributed by atoms with E-state index in [1.54, 1.807) is 0 Å². The smallest absolute Gasteiger partial charge is 0.146 e. The highest BCUT2D eigenvalue weighted by Gasteiger charge is 2.09. The molecule has 1 aromatic heterocycles. The van der Waals surface area contributed by atoms with Crippen LogP contribution in [0.25, 0.3) is 0 Å².